The molecule has 0 N–H and O–H groups in total. The SMILES string of the molecule is C[C@]12CC[C@H]3[C@@H](CC4COC[C@]35CCC(=O)C=C45)[C@@H]1CCC2=O. The fourth-order valence-electron chi connectivity index (χ4n) is 7.14. The van der Waals surface area contributed by atoms with Crippen molar-refractivity contribution in [2.45, 2.75) is 51.9 Å². The molecule has 3 nitrogen and oxygen atoms in total. The predicted molar refractivity (Wildman–Crippen MR) is 85.7 cm³/mol. The van der Waals surface area contributed by atoms with Gasteiger partial charge in [-0.3, -0.25) is 9.59 Å². The lowest BCUT2D eigenvalue weighted by Gasteiger charge is -2.61. The van der Waals surface area contributed by atoms with Crippen molar-refractivity contribution >= 4 is 11.6 Å². The standard InChI is InChI=1S/C20H26O3/c1-19-6-5-16-14(15(19)2-3-18(19)22)8-12-10-23-11-20(16)7-4-13(21)9-17(12)20/h9,12,14-16H,2-8,10-11H2,1H3/t12?,14-,15-,16-,19-,20+/m0/s1. The summed E-state index contributed by atoms with van der Waals surface area (Å²) in [5.74, 6) is 3.12. The van der Waals surface area contributed by atoms with Crippen LogP contribution in [-0.2, 0) is 14.3 Å². The van der Waals surface area contributed by atoms with Crippen LogP contribution >= 0.6 is 0 Å². The molecule has 4 aliphatic carbocycles. The number of fused-ring (bicyclic) bond motifs is 3. The number of ether oxygens (including phenoxy) is 1. The minimum atomic E-state index is -0.0569. The van der Waals surface area contributed by atoms with Crippen LogP contribution in [0.5, 0.6) is 0 Å². The topological polar surface area (TPSA) is 43.4 Å². The number of ketones is 2. The summed E-state index contributed by atoms with van der Waals surface area (Å²) in [5, 5.41) is 0. The Morgan fingerprint density at radius 3 is 2.87 bits per heavy atom. The highest BCUT2D eigenvalue weighted by Crippen LogP contribution is 2.66. The Hall–Kier alpha value is -0.960. The molecule has 2 bridgehead atoms. The predicted octanol–water partition coefficient (Wildman–Crippen LogP) is 3.32. The Kier molecular flexibility index (Phi) is 2.85. The van der Waals surface area contributed by atoms with Gasteiger partial charge in [-0.25, -0.2) is 0 Å². The Morgan fingerprint density at radius 2 is 2.00 bits per heavy atom. The molecular formula is C20H26O3. The molecule has 23 heavy (non-hydrogen) atoms. The molecule has 3 heteroatoms. The molecule has 1 aliphatic heterocycles. The van der Waals surface area contributed by atoms with Crippen LogP contribution in [0.1, 0.15) is 51.9 Å². The van der Waals surface area contributed by atoms with Crippen molar-refractivity contribution in [3.05, 3.63) is 11.6 Å². The summed E-state index contributed by atoms with van der Waals surface area (Å²) >= 11 is 0. The lowest BCUT2D eigenvalue weighted by Crippen LogP contribution is -2.58. The summed E-state index contributed by atoms with van der Waals surface area (Å²) in [6.45, 7) is 3.82. The minimum absolute atomic E-state index is 0.0569. The Bertz CT molecular complexity index is 620. The monoisotopic (exact) mass is 314 g/mol. The van der Waals surface area contributed by atoms with E-state index in [1.165, 1.54) is 5.57 Å². The van der Waals surface area contributed by atoms with Gasteiger partial charge in [0.05, 0.1) is 13.2 Å². The summed E-state index contributed by atoms with van der Waals surface area (Å²) in [6, 6.07) is 0. The first kappa shape index (κ1) is 14.4. The van der Waals surface area contributed by atoms with Crippen LogP contribution in [0.25, 0.3) is 0 Å². The van der Waals surface area contributed by atoms with Crippen LogP contribution in [0.15, 0.2) is 11.6 Å². The number of hydrogen-bond donors (Lipinski definition) is 0. The maximum absolute atomic E-state index is 12.5. The Morgan fingerprint density at radius 1 is 1.13 bits per heavy atom. The Balaban J connectivity index is 1.59. The summed E-state index contributed by atoms with van der Waals surface area (Å²) in [7, 11) is 0. The number of hydrogen-bond acceptors (Lipinski definition) is 3. The number of carbonyl (C=O) groups excluding carboxylic acids is 2. The fraction of sp³-hybridized carbons (Fsp3) is 0.800. The lowest BCUT2D eigenvalue weighted by atomic mass is 9.45. The molecule has 1 saturated heterocycles. The van der Waals surface area contributed by atoms with Crippen LogP contribution in [0.3, 0.4) is 0 Å². The average Bonchev–Trinajstić information content (AvgIpc) is 2.83. The lowest BCUT2D eigenvalue weighted by molar-refractivity contribution is -0.146. The van der Waals surface area contributed by atoms with E-state index in [0.29, 0.717) is 41.7 Å². The molecule has 0 aromatic carbocycles. The Labute approximate surface area is 137 Å². The summed E-state index contributed by atoms with van der Waals surface area (Å²) < 4.78 is 6.02. The van der Waals surface area contributed by atoms with Gasteiger partial charge in [0.2, 0.25) is 0 Å². The van der Waals surface area contributed by atoms with E-state index in [1.807, 2.05) is 6.08 Å². The van der Waals surface area contributed by atoms with Crippen molar-refractivity contribution in [1.29, 1.82) is 0 Å². The van der Waals surface area contributed by atoms with Gasteiger partial charge >= 0.3 is 0 Å². The van der Waals surface area contributed by atoms with E-state index in [2.05, 4.69) is 6.92 Å². The second-order valence-electron chi connectivity index (χ2n) is 8.96. The molecule has 1 heterocycles. The number of carbonyl (C=O) groups is 2. The van der Waals surface area contributed by atoms with Crippen LogP contribution in [0.4, 0.5) is 0 Å². The van der Waals surface area contributed by atoms with Crippen molar-refractivity contribution in [2.24, 2.45) is 34.5 Å². The molecule has 6 atom stereocenters. The molecular weight excluding hydrogens is 288 g/mol. The molecule has 5 rings (SSSR count). The van der Waals surface area contributed by atoms with Crippen LogP contribution in [-0.4, -0.2) is 24.8 Å². The smallest absolute Gasteiger partial charge is 0.155 e. The molecule has 1 unspecified atom stereocenters. The zero-order valence-electron chi connectivity index (χ0n) is 14.0. The van der Waals surface area contributed by atoms with Gasteiger partial charge in [0.15, 0.2) is 5.78 Å². The third kappa shape index (κ3) is 1.70. The molecule has 0 aromatic rings. The normalized spacial score (nSPS) is 51.6. The highest BCUT2D eigenvalue weighted by atomic mass is 16.5. The van der Waals surface area contributed by atoms with E-state index in [4.69, 9.17) is 4.74 Å². The first-order valence-electron chi connectivity index (χ1n) is 9.40. The molecule has 3 saturated carbocycles. The minimum Gasteiger partial charge on any atom is -0.380 e. The average molecular weight is 314 g/mol. The third-order valence-corrected chi connectivity index (χ3v) is 8.24. The molecule has 0 amide bonds. The van der Waals surface area contributed by atoms with Gasteiger partial charge in [-0.2, -0.15) is 0 Å². The van der Waals surface area contributed by atoms with E-state index < -0.39 is 0 Å². The van der Waals surface area contributed by atoms with E-state index in [9.17, 15) is 9.59 Å². The molecule has 0 aromatic heterocycles. The van der Waals surface area contributed by atoms with Gasteiger partial charge in [-0.15, -0.1) is 0 Å². The molecule has 4 fully saturated rings. The maximum Gasteiger partial charge on any atom is 0.155 e. The van der Waals surface area contributed by atoms with Gasteiger partial charge in [0, 0.05) is 29.6 Å². The van der Waals surface area contributed by atoms with E-state index in [0.717, 1.165) is 51.7 Å². The van der Waals surface area contributed by atoms with Gasteiger partial charge in [0.1, 0.15) is 5.78 Å². The van der Waals surface area contributed by atoms with Crippen molar-refractivity contribution in [2.75, 3.05) is 13.2 Å². The van der Waals surface area contributed by atoms with Gasteiger partial charge in [0.25, 0.3) is 0 Å². The zero-order chi connectivity index (χ0) is 15.8. The number of rotatable bonds is 0. The molecule has 124 valence electrons. The summed E-state index contributed by atoms with van der Waals surface area (Å²) in [4.78, 5) is 24.5. The van der Waals surface area contributed by atoms with E-state index in [-0.39, 0.29) is 10.8 Å². The fourth-order valence-corrected chi connectivity index (χ4v) is 7.14. The molecule has 5 aliphatic rings. The summed E-state index contributed by atoms with van der Waals surface area (Å²) in [5.41, 5.74) is 1.49. The highest BCUT2D eigenvalue weighted by molar-refractivity contribution is 5.92. The maximum atomic E-state index is 12.5. The van der Waals surface area contributed by atoms with Gasteiger partial charge in [-0.05, 0) is 55.9 Å². The second-order valence-corrected chi connectivity index (χ2v) is 8.96. The summed E-state index contributed by atoms with van der Waals surface area (Å²) in [6.07, 6.45) is 8.87. The van der Waals surface area contributed by atoms with Crippen molar-refractivity contribution in [3.63, 3.8) is 0 Å². The molecule has 0 spiro atoms. The largest absolute Gasteiger partial charge is 0.380 e. The first-order chi connectivity index (χ1) is 11.0. The second kappa shape index (κ2) is 4.56. The van der Waals surface area contributed by atoms with Crippen molar-refractivity contribution in [3.8, 4) is 0 Å². The van der Waals surface area contributed by atoms with Gasteiger partial charge < -0.3 is 4.74 Å². The van der Waals surface area contributed by atoms with Crippen molar-refractivity contribution < 1.29 is 14.3 Å². The van der Waals surface area contributed by atoms with E-state index >= 15 is 0 Å². The van der Waals surface area contributed by atoms with Gasteiger partial charge in [-0.1, -0.05) is 12.5 Å². The van der Waals surface area contributed by atoms with Crippen LogP contribution in [0, 0.1) is 34.5 Å². The zero-order valence-corrected chi connectivity index (χ0v) is 14.0. The number of Topliss-reactive ketones (excluding diaryl/α,β-unsaturated/α-hetero) is 1. The van der Waals surface area contributed by atoms with Crippen molar-refractivity contribution in [1.82, 2.24) is 0 Å². The quantitative estimate of drug-likeness (QED) is 0.689. The third-order valence-electron chi connectivity index (χ3n) is 8.24. The first-order valence-corrected chi connectivity index (χ1v) is 9.40. The van der Waals surface area contributed by atoms with Crippen LogP contribution < -0.4 is 0 Å². The highest BCUT2D eigenvalue weighted by Gasteiger charge is 2.62. The molecule has 0 radical (unpaired) electrons. The van der Waals surface area contributed by atoms with Crippen LogP contribution in [0.2, 0.25) is 0 Å². The van der Waals surface area contributed by atoms with E-state index in [1.54, 1.807) is 0 Å².